The molecule has 2 saturated carbocycles. The van der Waals surface area contributed by atoms with Crippen LogP contribution in [-0.4, -0.2) is 15.8 Å². The number of nitrogens with zero attached hydrogens (tertiary/aromatic N) is 1. The zero-order valence-electron chi connectivity index (χ0n) is 11.2. The molecule has 0 aromatic carbocycles. The molecule has 1 aromatic heterocycles. The van der Waals surface area contributed by atoms with Gasteiger partial charge in [0.2, 0.25) is 0 Å². The second-order valence-corrected chi connectivity index (χ2v) is 5.93. The highest BCUT2D eigenvalue weighted by atomic mass is 16.1. The number of H-pyrrole nitrogens is 1. The van der Waals surface area contributed by atoms with Crippen molar-refractivity contribution in [3.05, 3.63) is 17.2 Å². The minimum absolute atomic E-state index is 0.422. The third-order valence-electron chi connectivity index (χ3n) is 4.61. The van der Waals surface area contributed by atoms with E-state index in [0.29, 0.717) is 17.6 Å². The number of aromatic nitrogens is 2. The summed E-state index contributed by atoms with van der Waals surface area (Å²) in [5.41, 5.74) is 2.56. The number of aromatic amines is 1. The van der Waals surface area contributed by atoms with E-state index in [2.05, 4.69) is 11.9 Å². The molecule has 2 fully saturated rings. The van der Waals surface area contributed by atoms with Crippen molar-refractivity contribution >= 4 is 5.78 Å². The number of ketones is 1. The standard InChI is InChI=1S/C15H22N2O/c1-10-14(11-4-2-3-5-11)17-15(16-10)12-6-8-13(18)9-7-12/h11-12H,2-9H2,1H3,(H,16,17). The molecule has 98 valence electrons. The molecule has 1 heterocycles. The fourth-order valence-electron chi connectivity index (χ4n) is 3.50. The maximum atomic E-state index is 11.3. The largest absolute Gasteiger partial charge is 0.346 e. The summed E-state index contributed by atoms with van der Waals surface area (Å²) in [6.07, 6.45) is 8.75. The summed E-state index contributed by atoms with van der Waals surface area (Å²) in [6, 6.07) is 0. The molecule has 0 unspecified atom stereocenters. The van der Waals surface area contributed by atoms with Gasteiger partial charge in [-0.2, -0.15) is 0 Å². The molecule has 0 spiro atoms. The van der Waals surface area contributed by atoms with Crippen molar-refractivity contribution < 1.29 is 4.79 Å². The average Bonchev–Trinajstić information content (AvgIpc) is 2.99. The van der Waals surface area contributed by atoms with Gasteiger partial charge in [0, 0.05) is 30.4 Å². The van der Waals surface area contributed by atoms with Crippen LogP contribution in [0.3, 0.4) is 0 Å². The van der Waals surface area contributed by atoms with Crippen molar-refractivity contribution in [2.45, 2.75) is 70.1 Å². The minimum atomic E-state index is 0.422. The van der Waals surface area contributed by atoms with Crippen LogP contribution in [0.2, 0.25) is 0 Å². The molecule has 1 aromatic rings. The van der Waals surface area contributed by atoms with E-state index < -0.39 is 0 Å². The summed E-state index contributed by atoms with van der Waals surface area (Å²) in [5.74, 6) is 2.73. The Morgan fingerprint density at radius 3 is 2.39 bits per heavy atom. The second kappa shape index (κ2) is 4.87. The van der Waals surface area contributed by atoms with Gasteiger partial charge < -0.3 is 4.98 Å². The van der Waals surface area contributed by atoms with Gasteiger partial charge in [0.15, 0.2) is 0 Å². The third-order valence-corrected chi connectivity index (χ3v) is 4.61. The van der Waals surface area contributed by atoms with Gasteiger partial charge >= 0.3 is 0 Å². The Balaban J connectivity index is 1.77. The smallest absolute Gasteiger partial charge is 0.132 e. The second-order valence-electron chi connectivity index (χ2n) is 5.93. The molecule has 3 heteroatoms. The van der Waals surface area contributed by atoms with Gasteiger partial charge in [0.25, 0.3) is 0 Å². The van der Waals surface area contributed by atoms with Gasteiger partial charge in [0.05, 0.1) is 5.69 Å². The number of carbonyl (C=O) groups is 1. The molecule has 1 N–H and O–H groups in total. The summed E-state index contributed by atoms with van der Waals surface area (Å²) in [6.45, 7) is 2.15. The Bertz CT molecular complexity index is 433. The van der Waals surface area contributed by atoms with E-state index >= 15 is 0 Å². The number of carbonyl (C=O) groups excluding carboxylic acids is 1. The Kier molecular flexibility index (Phi) is 3.23. The SMILES string of the molecule is Cc1[nH]c(C2CCC(=O)CC2)nc1C1CCCC1. The number of Topliss-reactive ketones (excluding diaryl/α,β-unsaturated/α-hetero) is 1. The molecular formula is C15H22N2O. The Morgan fingerprint density at radius 1 is 1.06 bits per heavy atom. The summed E-state index contributed by atoms with van der Waals surface area (Å²) in [4.78, 5) is 19.6. The highest BCUT2D eigenvalue weighted by Gasteiger charge is 2.26. The lowest BCUT2D eigenvalue weighted by Crippen LogP contribution is -2.13. The van der Waals surface area contributed by atoms with Crippen molar-refractivity contribution in [3.8, 4) is 0 Å². The third kappa shape index (κ3) is 2.23. The fraction of sp³-hybridized carbons (Fsp3) is 0.733. The number of aryl methyl sites for hydroxylation is 1. The summed E-state index contributed by atoms with van der Waals surface area (Å²) in [7, 11) is 0. The normalized spacial score (nSPS) is 22.8. The van der Waals surface area contributed by atoms with Crippen LogP contribution in [-0.2, 0) is 4.79 Å². The number of imidazole rings is 1. The quantitative estimate of drug-likeness (QED) is 0.866. The maximum absolute atomic E-state index is 11.3. The van der Waals surface area contributed by atoms with Crippen LogP contribution in [0, 0.1) is 6.92 Å². The summed E-state index contributed by atoms with van der Waals surface area (Å²) >= 11 is 0. The van der Waals surface area contributed by atoms with Crippen molar-refractivity contribution in [2.75, 3.05) is 0 Å². The molecule has 0 atom stereocenters. The minimum Gasteiger partial charge on any atom is -0.346 e. The number of rotatable bonds is 2. The number of nitrogens with one attached hydrogen (secondary N) is 1. The molecule has 0 bridgehead atoms. The van der Waals surface area contributed by atoms with Gasteiger partial charge in [-0.25, -0.2) is 4.98 Å². The van der Waals surface area contributed by atoms with Crippen LogP contribution in [0.1, 0.15) is 80.4 Å². The van der Waals surface area contributed by atoms with E-state index in [9.17, 15) is 4.79 Å². The van der Waals surface area contributed by atoms with Crippen molar-refractivity contribution in [3.63, 3.8) is 0 Å². The van der Waals surface area contributed by atoms with Crippen LogP contribution >= 0.6 is 0 Å². The van der Waals surface area contributed by atoms with Gasteiger partial charge in [-0.05, 0) is 32.6 Å². The first-order valence-corrected chi connectivity index (χ1v) is 7.32. The van der Waals surface area contributed by atoms with E-state index in [4.69, 9.17) is 4.98 Å². The van der Waals surface area contributed by atoms with E-state index in [0.717, 1.165) is 31.5 Å². The molecule has 3 nitrogen and oxygen atoms in total. The molecule has 18 heavy (non-hydrogen) atoms. The first-order chi connectivity index (χ1) is 8.74. The van der Waals surface area contributed by atoms with Crippen LogP contribution in [0.15, 0.2) is 0 Å². The predicted molar refractivity (Wildman–Crippen MR) is 70.7 cm³/mol. The monoisotopic (exact) mass is 246 g/mol. The molecule has 2 aliphatic rings. The lowest BCUT2D eigenvalue weighted by Gasteiger charge is -2.18. The topological polar surface area (TPSA) is 45.8 Å². The Morgan fingerprint density at radius 2 is 1.72 bits per heavy atom. The predicted octanol–water partition coefficient (Wildman–Crippen LogP) is 3.60. The summed E-state index contributed by atoms with van der Waals surface area (Å²) < 4.78 is 0. The average molecular weight is 246 g/mol. The number of hydrogen-bond acceptors (Lipinski definition) is 2. The highest BCUT2D eigenvalue weighted by Crippen LogP contribution is 2.37. The fourth-order valence-corrected chi connectivity index (χ4v) is 3.50. The Hall–Kier alpha value is -1.12. The van der Waals surface area contributed by atoms with Crippen LogP contribution in [0.5, 0.6) is 0 Å². The first kappa shape index (κ1) is 11.9. The van der Waals surface area contributed by atoms with Crippen LogP contribution in [0.25, 0.3) is 0 Å². The maximum Gasteiger partial charge on any atom is 0.132 e. The van der Waals surface area contributed by atoms with Gasteiger partial charge in [-0.1, -0.05) is 12.8 Å². The highest BCUT2D eigenvalue weighted by molar-refractivity contribution is 5.79. The lowest BCUT2D eigenvalue weighted by molar-refractivity contribution is -0.120. The molecule has 2 aliphatic carbocycles. The van der Waals surface area contributed by atoms with Gasteiger partial charge in [0.1, 0.15) is 11.6 Å². The van der Waals surface area contributed by atoms with Crippen molar-refractivity contribution in [1.29, 1.82) is 0 Å². The van der Waals surface area contributed by atoms with E-state index in [1.165, 1.54) is 37.1 Å². The summed E-state index contributed by atoms with van der Waals surface area (Å²) in [5, 5.41) is 0. The molecule has 0 saturated heterocycles. The van der Waals surface area contributed by atoms with Crippen LogP contribution < -0.4 is 0 Å². The van der Waals surface area contributed by atoms with Crippen molar-refractivity contribution in [1.82, 2.24) is 9.97 Å². The van der Waals surface area contributed by atoms with E-state index in [-0.39, 0.29) is 0 Å². The molecular weight excluding hydrogens is 224 g/mol. The van der Waals surface area contributed by atoms with Gasteiger partial charge in [-0.15, -0.1) is 0 Å². The molecule has 0 amide bonds. The molecule has 0 radical (unpaired) electrons. The zero-order chi connectivity index (χ0) is 12.5. The van der Waals surface area contributed by atoms with Crippen LogP contribution in [0.4, 0.5) is 0 Å². The van der Waals surface area contributed by atoms with E-state index in [1.807, 2.05) is 0 Å². The first-order valence-electron chi connectivity index (χ1n) is 7.32. The van der Waals surface area contributed by atoms with Gasteiger partial charge in [-0.3, -0.25) is 4.79 Å². The zero-order valence-corrected chi connectivity index (χ0v) is 11.2. The molecule has 3 rings (SSSR count). The van der Waals surface area contributed by atoms with Crippen molar-refractivity contribution in [2.24, 2.45) is 0 Å². The molecule has 0 aliphatic heterocycles. The van der Waals surface area contributed by atoms with E-state index in [1.54, 1.807) is 0 Å². The Labute approximate surface area is 108 Å². The lowest BCUT2D eigenvalue weighted by atomic mass is 9.88. The number of hydrogen-bond donors (Lipinski definition) is 1.